The highest BCUT2D eigenvalue weighted by Crippen LogP contribution is 2.31. The third-order valence-corrected chi connectivity index (χ3v) is 3.82. The van der Waals surface area contributed by atoms with Crippen LogP contribution in [-0.4, -0.2) is 37.3 Å². The van der Waals surface area contributed by atoms with Gasteiger partial charge in [0.25, 0.3) is 5.91 Å². The lowest BCUT2D eigenvalue weighted by molar-refractivity contribution is 0.0597. The molecule has 7 heteroatoms. The quantitative estimate of drug-likeness (QED) is 0.499. The minimum atomic E-state index is -0.693. The first-order valence-corrected chi connectivity index (χ1v) is 9.13. The van der Waals surface area contributed by atoms with Crippen molar-refractivity contribution >= 4 is 17.6 Å². The Morgan fingerprint density at radius 1 is 1.00 bits per heavy atom. The normalized spacial score (nSPS) is 10.2. The van der Waals surface area contributed by atoms with Crippen molar-refractivity contribution in [2.45, 2.75) is 26.7 Å². The average molecular weight is 387 g/mol. The van der Waals surface area contributed by atoms with Gasteiger partial charge in [-0.15, -0.1) is 0 Å². The molecule has 0 heterocycles. The van der Waals surface area contributed by atoms with Crippen LogP contribution in [0.15, 0.2) is 36.4 Å². The third-order valence-electron chi connectivity index (χ3n) is 3.82. The number of phenols is 1. The molecule has 2 N–H and O–H groups in total. The zero-order valence-corrected chi connectivity index (χ0v) is 16.3. The Morgan fingerprint density at radius 3 is 2.32 bits per heavy atom. The summed E-state index contributed by atoms with van der Waals surface area (Å²) < 4.78 is 16.0. The lowest BCUT2D eigenvalue weighted by Crippen LogP contribution is -2.13. The van der Waals surface area contributed by atoms with Crippen LogP contribution in [-0.2, 0) is 4.74 Å². The predicted molar refractivity (Wildman–Crippen MR) is 105 cm³/mol. The molecule has 0 aliphatic carbocycles. The van der Waals surface area contributed by atoms with E-state index in [2.05, 4.69) is 10.1 Å². The SMILES string of the molecule is CCCOc1ccc(C(=O)Nc2cccc(C(=O)OC)c2O)cc1OCCC. The third kappa shape index (κ3) is 5.16. The largest absolute Gasteiger partial charge is 0.505 e. The number of phenolic OH excluding ortho intramolecular Hbond substituents is 1. The van der Waals surface area contributed by atoms with Crippen LogP contribution in [0.4, 0.5) is 5.69 Å². The summed E-state index contributed by atoms with van der Waals surface area (Å²) in [5.41, 5.74) is 0.406. The van der Waals surface area contributed by atoms with E-state index in [0.29, 0.717) is 30.3 Å². The highest BCUT2D eigenvalue weighted by Gasteiger charge is 2.18. The van der Waals surface area contributed by atoms with E-state index in [9.17, 15) is 14.7 Å². The Bertz CT molecular complexity index is 834. The van der Waals surface area contributed by atoms with Crippen LogP contribution in [0.5, 0.6) is 17.2 Å². The van der Waals surface area contributed by atoms with Crippen molar-refractivity contribution in [1.29, 1.82) is 0 Å². The number of para-hydroxylation sites is 1. The zero-order valence-electron chi connectivity index (χ0n) is 16.3. The first-order valence-electron chi connectivity index (χ1n) is 9.13. The Hall–Kier alpha value is -3.22. The first kappa shape index (κ1) is 21.1. The number of rotatable bonds is 9. The number of ether oxygens (including phenoxy) is 3. The number of methoxy groups -OCH3 is 1. The Balaban J connectivity index is 2.25. The highest BCUT2D eigenvalue weighted by atomic mass is 16.5. The number of carbonyl (C=O) groups is 2. The zero-order chi connectivity index (χ0) is 20.5. The number of hydrogen-bond donors (Lipinski definition) is 2. The number of anilines is 1. The summed E-state index contributed by atoms with van der Waals surface area (Å²) in [4.78, 5) is 24.3. The molecule has 0 unspecified atom stereocenters. The van der Waals surface area contributed by atoms with Crippen molar-refractivity contribution < 1.29 is 28.9 Å². The summed E-state index contributed by atoms with van der Waals surface area (Å²) in [6.07, 6.45) is 1.67. The molecule has 0 atom stereocenters. The fourth-order valence-electron chi connectivity index (χ4n) is 2.42. The van der Waals surface area contributed by atoms with Crippen molar-refractivity contribution in [2.75, 3.05) is 25.6 Å². The van der Waals surface area contributed by atoms with Crippen molar-refractivity contribution in [3.05, 3.63) is 47.5 Å². The second-order valence-electron chi connectivity index (χ2n) is 6.01. The van der Waals surface area contributed by atoms with Gasteiger partial charge in [-0.1, -0.05) is 19.9 Å². The molecule has 0 fully saturated rings. The van der Waals surface area contributed by atoms with E-state index >= 15 is 0 Å². The minimum absolute atomic E-state index is 0.0319. The van der Waals surface area contributed by atoms with Crippen LogP contribution in [0.1, 0.15) is 47.4 Å². The number of carbonyl (C=O) groups excluding carboxylic acids is 2. The van der Waals surface area contributed by atoms with E-state index in [-0.39, 0.29) is 17.0 Å². The number of nitrogens with one attached hydrogen (secondary N) is 1. The minimum Gasteiger partial charge on any atom is -0.505 e. The fraction of sp³-hybridized carbons (Fsp3) is 0.333. The van der Waals surface area contributed by atoms with Crippen molar-refractivity contribution in [3.8, 4) is 17.2 Å². The maximum absolute atomic E-state index is 12.6. The molecule has 0 radical (unpaired) electrons. The molecular weight excluding hydrogens is 362 g/mol. The lowest BCUT2D eigenvalue weighted by Gasteiger charge is -2.14. The number of aromatic hydroxyl groups is 1. The molecular formula is C21H25NO6. The van der Waals surface area contributed by atoms with E-state index in [1.807, 2.05) is 13.8 Å². The van der Waals surface area contributed by atoms with Gasteiger partial charge in [0.15, 0.2) is 17.2 Å². The molecule has 150 valence electrons. The van der Waals surface area contributed by atoms with Crippen molar-refractivity contribution in [3.63, 3.8) is 0 Å². The molecule has 0 aromatic heterocycles. The molecule has 2 aromatic carbocycles. The molecule has 28 heavy (non-hydrogen) atoms. The molecule has 0 spiro atoms. The number of esters is 1. The fourth-order valence-corrected chi connectivity index (χ4v) is 2.42. The summed E-state index contributed by atoms with van der Waals surface area (Å²) in [5, 5.41) is 12.8. The lowest BCUT2D eigenvalue weighted by atomic mass is 10.1. The standard InChI is InChI=1S/C21H25NO6/c1-4-11-27-17-10-9-14(13-18(17)28-12-5-2)20(24)22-16-8-6-7-15(19(16)23)21(25)26-3/h6-10,13,23H,4-5,11-12H2,1-3H3,(H,22,24). The molecule has 7 nitrogen and oxygen atoms in total. The van der Waals surface area contributed by atoms with Crippen LogP contribution in [0.2, 0.25) is 0 Å². The van der Waals surface area contributed by atoms with Crippen molar-refractivity contribution in [2.24, 2.45) is 0 Å². The Kier molecular flexibility index (Phi) is 7.68. The van der Waals surface area contributed by atoms with E-state index in [1.54, 1.807) is 24.3 Å². The van der Waals surface area contributed by atoms with E-state index in [1.165, 1.54) is 19.2 Å². The number of benzene rings is 2. The molecule has 2 aromatic rings. The van der Waals surface area contributed by atoms with Gasteiger partial charge in [0.1, 0.15) is 5.56 Å². The van der Waals surface area contributed by atoms with Crippen LogP contribution >= 0.6 is 0 Å². The molecule has 0 bridgehead atoms. The topological polar surface area (TPSA) is 94.1 Å². The smallest absolute Gasteiger partial charge is 0.341 e. The summed E-state index contributed by atoms with van der Waals surface area (Å²) in [6, 6.07) is 9.33. The van der Waals surface area contributed by atoms with Crippen LogP contribution in [0.3, 0.4) is 0 Å². The van der Waals surface area contributed by atoms with E-state index < -0.39 is 11.9 Å². The highest BCUT2D eigenvalue weighted by molar-refractivity contribution is 6.06. The summed E-state index contributed by atoms with van der Waals surface area (Å²) >= 11 is 0. The molecule has 0 saturated heterocycles. The number of hydrogen-bond acceptors (Lipinski definition) is 6. The monoisotopic (exact) mass is 387 g/mol. The van der Waals surface area contributed by atoms with Gasteiger partial charge in [-0.05, 0) is 43.2 Å². The van der Waals surface area contributed by atoms with Crippen LogP contribution in [0.25, 0.3) is 0 Å². The van der Waals surface area contributed by atoms with Gasteiger partial charge in [-0.25, -0.2) is 4.79 Å². The molecule has 1 amide bonds. The summed E-state index contributed by atoms with van der Waals surface area (Å²) in [7, 11) is 1.22. The summed E-state index contributed by atoms with van der Waals surface area (Å²) in [5.74, 6) is -0.451. The summed E-state index contributed by atoms with van der Waals surface area (Å²) in [6.45, 7) is 5.03. The van der Waals surface area contributed by atoms with E-state index in [0.717, 1.165) is 12.8 Å². The van der Waals surface area contributed by atoms with Gasteiger partial charge in [-0.2, -0.15) is 0 Å². The Labute approximate surface area is 164 Å². The van der Waals surface area contributed by atoms with E-state index in [4.69, 9.17) is 9.47 Å². The Morgan fingerprint density at radius 2 is 1.68 bits per heavy atom. The maximum atomic E-state index is 12.6. The van der Waals surface area contributed by atoms with Crippen LogP contribution in [0, 0.1) is 0 Å². The number of amides is 1. The van der Waals surface area contributed by atoms with Gasteiger partial charge in [-0.3, -0.25) is 4.79 Å². The maximum Gasteiger partial charge on any atom is 0.341 e. The van der Waals surface area contributed by atoms with Gasteiger partial charge >= 0.3 is 5.97 Å². The second-order valence-corrected chi connectivity index (χ2v) is 6.01. The van der Waals surface area contributed by atoms with Gasteiger partial charge in [0, 0.05) is 5.56 Å². The van der Waals surface area contributed by atoms with Crippen molar-refractivity contribution in [1.82, 2.24) is 0 Å². The average Bonchev–Trinajstić information content (AvgIpc) is 2.71. The van der Waals surface area contributed by atoms with Gasteiger partial charge < -0.3 is 24.6 Å². The van der Waals surface area contributed by atoms with Crippen LogP contribution < -0.4 is 14.8 Å². The molecule has 0 aliphatic rings. The molecule has 0 saturated carbocycles. The van der Waals surface area contributed by atoms with Gasteiger partial charge in [0.2, 0.25) is 0 Å². The second kappa shape index (κ2) is 10.2. The first-order chi connectivity index (χ1) is 13.5. The molecule has 2 rings (SSSR count). The predicted octanol–water partition coefficient (Wildman–Crippen LogP) is 4.01. The molecule has 0 aliphatic heterocycles. The van der Waals surface area contributed by atoms with Gasteiger partial charge in [0.05, 0.1) is 26.0 Å².